The van der Waals surface area contributed by atoms with E-state index in [-0.39, 0.29) is 17.1 Å². The fourth-order valence-corrected chi connectivity index (χ4v) is 2.87. The van der Waals surface area contributed by atoms with Crippen LogP contribution in [0.5, 0.6) is 0 Å². The van der Waals surface area contributed by atoms with Gasteiger partial charge in [-0.1, -0.05) is 0 Å². The van der Waals surface area contributed by atoms with Crippen LogP contribution in [0.25, 0.3) is 0 Å². The molecule has 112 valence electrons. The predicted molar refractivity (Wildman–Crippen MR) is 75.9 cm³/mol. The van der Waals surface area contributed by atoms with Gasteiger partial charge in [-0.2, -0.15) is 4.31 Å². The van der Waals surface area contributed by atoms with Crippen LogP contribution >= 0.6 is 0 Å². The minimum Gasteiger partial charge on any atom is -0.399 e. The van der Waals surface area contributed by atoms with Crippen LogP contribution in [0.3, 0.4) is 0 Å². The number of nitrogens with two attached hydrogens (primary N) is 1. The second-order valence-corrected chi connectivity index (χ2v) is 6.63. The lowest BCUT2D eigenvalue weighted by Crippen LogP contribution is -2.33. The van der Waals surface area contributed by atoms with Crippen LogP contribution in [0, 0.1) is 10.1 Å². The number of anilines is 1. The fourth-order valence-electron chi connectivity index (χ4n) is 1.52. The quantitative estimate of drug-likeness (QED) is 0.461. The van der Waals surface area contributed by atoms with Crippen LogP contribution in [-0.4, -0.2) is 56.8 Å². The number of rotatable bonds is 6. The third kappa shape index (κ3) is 3.65. The average Bonchev–Trinajstić information content (AvgIpc) is 2.35. The first-order chi connectivity index (χ1) is 9.16. The maximum atomic E-state index is 12.4. The zero-order chi connectivity index (χ0) is 15.5. The molecule has 0 heterocycles. The van der Waals surface area contributed by atoms with Gasteiger partial charge < -0.3 is 10.6 Å². The second kappa shape index (κ2) is 6.16. The molecular formula is C11H18N4O4S. The third-order valence-electron chi connectivity index (χ3n) is 2.73. The Bertz CT molecular complexity index is 600. The largest absolute Gasteiger partial charge is 0.399 e. The van der Waals surface area contributed by atoms with Crippen molar-refractivity contribution in [2.75, 3.05) is 40.0 Å². The first kappa shape index (κ1) is 16.3. The molecule has 1 aromatic rings. The number of nitrogen functional groups attached to an aromatic ring is 1. The third-order valence-corrected chi connectivity index (χ3v) is 4.62. The summed E-state index contributed by atoms with van der Waals surface area (Å²) >= 11 is 0. The van der Waals surface area contributed by atoms with E-state index < -0.39 is 20.6 Å². The van der Waals surface area contributed by atoms with Gasteiger partial charge in [-0.05, 0) is 26.2 Å². The second-order valence-electron chi connectivity index (χ2n) is 4.61. The number of benzene rings is 1. The fraction of sp³-hybridized carbons (Fsp3) is 0.455. The molecule has 0 bridgehead atoms. The molecule has 0 aliphatic carbocycles. The van der Waals surface area contributed by atoms with Gasteiger partial charge in [0.25, 0.3) is 5.69 Å². The minimum absolute atomic E-state index is 0.162. The molecule has 0 saturated heterocycles. The maximum Gasteiger partial charge on any atom is 0.289 e. The van der Waals surface area contributed by atoms with E-state index in [4.69, 9.17) is 5.73 Å². The highest BCUT2D eigenvalue weighted by Gasteiger charge is 2.29. The molecule has 0 spiro atoms. The normalized spacial score (nSPS) is 12.1. The molecule has 2 N–H and O–H groups in total. The average molecular weight is 302 g/mol. The molecule has 8 nitrogen and oxygen atoms in total. The summed E-state index contributed by atoms with van der Waals surface area (Å²) in [5.74, 6) is 0. The van der Waals surface area contributed by atoms with Crippen molar-refractivity contribution in [3.8, 4) is 0 Å². The van der Waals surface area contributed by atoms with E-state index in [0.717, 1.165) is 16.4 Å². The van der Waals surface area contributed by atoms with Crippen LogP contribution in [-0.2, 0) is 10.0 Å². The summed E-state index contributed by atoms with van der Waals surface area (Å²) in [5.41, 5.74) is 5.22. The van der Waals surface area contributed by atoms with Gasteiger partial charge in [-0.15, -0.1) is 0 Å². The molecule has 0 radical (unpaired) electrons. The molecule has 9 heteroatoms. The van der Waals surface area contributed by atoms with Crippen LogP contribution in [0.4, 0.5) is 11.4 Å². The Morgan fingerprint density at radius 3 is 2.35 bits per heavy atom. The molecule has 0 aromatic heterocycles. The molecule has 1 rings (SSSR count). The maximum absolute atomic E-state index is 12.4. The minimum atomic E-state index is -3.95. The van der Waals surface area contributed by atoms with Gasteiger partial charge in [-0.3, -0.25) is 10.1 Å². The van der Waals surface area contributed by atoms with E-state index in [1.807, 2.05) is 19.0 Å². The van der Waals surface area contributed by atoms with Crippen molar-refractivity contribution in [1.29, 1.82) is 0 Å². The molecular weight excluding hydrogens is 284 g/mol. The Balaban J connectivity index is 3.21. The molecule has 0 atom stereocenters. The summed E-state index contributed by atoms with van der Waals surface area (Å²) < 4.78 is 25.8. The lowest BCUT2D eigenvalue weighted by molar-refractivity contribution is -0.387. The smallest absolute Gasteiger partial charge is 0.289 e. The predicted octanol–water partition coefficient (Wildman–Crippen LogP) is 0.359. The highest BCUT2D eigenvalue weighted by molar-refractivity contribution is 7.89. The van der Waals surface area contributed by atoms with Gasteiger partial charge in [0.05, 0.1) is 4.92 Å². The lowest BCUT2D eigenvalue weighted by Gasteiger charge is -2.19. The number of hydrogen-bond donors (Lipinski definition) is 1. The van der Waals surface area contributed by atoms with Crippen molar-refractivity contribution in [2.45, 2.75) is 4.90 Å². The molecule has 1 aromatic carbocycles. The topological polar surface area (TPSA) is 110 Å². The zero-order valence-electron chi connectivity index (χ0n) is 11.6. The van der Waals surface area contributed by atoms with E-state index in [9.17, 15) is 18.5 Å². The molecule has 0 saturated carbocycles. The number of nitro groups is 1. The van der Waals surface area contributed by atoms with Gasteiger partial charge in [0.15, 0.2) is 4.90 Å². The Kier molecular flexibility index (Phi) is 5.03. The number of likely N-dealkylation sites (N-methyl/N-ethyl adjacent to an activating group) is 2. The van der Waals surface area contributed by atoms with Crippen LogP contribution in [0.2, 0.25) is 0 Å². The van der Waals surface area contributed by atoms with Crippen molar-refractivity contribution >= 4 is 21.4 Å². The zero-order valence-corrected chi connectivity index (χ0v) is 12.4. The van der Waals surface area contributed by atoms with E-state index in [0.29, 0.717) is 6.54 Å². The van der Waals surface area contributed by atoms with Crippen LogP contribution < -0.4 is 5.73 Å². The van der Waals surface area contributed by atoms with Crippen LogP contribution in [0.15, 0.2) is 23.1 Å². The Morgan fingerprint density at radius 1 is 1.25 bits per heavy atom. The van der Waals surface area contributed by atoms with Crippen molar-refractivity contribution < 1.29 is 13.3 Å². The van der Waals surface area contributed by atoms with Crippen molar-refractivity contribution in [3.05, 3.63) is 28.3 Å². The summed E-state index contributed by atoms with van der Waals surface area (Å²) in [5, 5.41) is 10.9. The highest BCUT2D eigenvalue weighted by Crippen LogP contribution is 2.27. The van der Waals surface area contributed by atoms with Gasteiger partial charge in [0.2, 0.25) is 10.0 Å². The number of hydrogen-bond acceptors (Lipinski definition) is 6. The summed E-state index contributed by atoms with van der Waals surface area (Å²) in [6.07, 6.45) is 0. The van der Waals surface area contributed by atoms with Gasteiger partial charge in [-0.25, -0.2) is 8.42 Å². The number of nitro benzene ring substituents is 1. The molecule has 0 unspecified atom stereocenters. The number of nitrogens with zero attached hydrogens (tertiary/aromatic N) is 3. The molecule has 20 heavy (non-hydrogen) atoms. The van der Waals surface area contributed by atoms with Crippen molar-refractivity contribution in [1.82, 2.24) is 9.21 Å². The van der Waals surface area contributed by atoms with E-state index in [2.05, 4.69) is 0 Å². The monoisotopic (exact) mass is 302 g/mol. The first-order valence-electron chi connectivity index (χ1n) is 5.81. The van der Waals surface area contributed by atoms with Gasteiger partial charge in [0.1, 0.15) is 0 Å². The summed E-state index contributed by atoms with van der Waals surface area (Å²) in [4.78, 5) is 11.6. The highest BCUT2D eigenvalue weighted by atomic mass is 32.2. The van der Waals surface area contributed by atoms with E-state index in [1.165, 1.54) is 13.1 Å². The van der Waals surface area contributed by atoms with E-state index in [1.54, 1.807) is 0 Å². The van der Waals surface area contributed by atoms with Crippen molar-refractivity contribution in [2.24, 2.45) is 0 Å². The van der Waals surface area contributed by atoms with E-state index >= 15 is 0 Å². The van der Waals surface area contributed by atoms with Gasteiger partial charge >= 0.3 is 0 Å². The molecule has 0 fully saturated rings. The van der Waals surface area contributed by atoms with Crippen LogP contribution in [0.1, 0.15) is 0 Å². The lowest BCUT2D eigenvalue weighted by atomic mass is 10.3. The molecule has 0 aliphatic rings. The van der Waals surface area contributed by atoms with Crippen molar-refractivity contribution in [3.63, 3.8) is 0 Å². The Morgan fingerprint density at radius 2 is 1.85 bits per heavy atom. The standard InChI is InChI=1S/C11H18N4O4S/c1-13(2)6-7-14(3)20(18,19)11-8-9(12)4-5-10(11)15(16)17/h4-5,8H,6-7,12H2,1-3H3. The summed E-state index contributed by atoms with van der Waals surface area (Å²) in [6.45, 7) is 0.729. The summed E-state index contributed by atoms with van der Waals surface area (Å²) in [6, 6.07) is 3.51. The van der Waals surface area contributed by atoms with Gasteiger partial charge in [0, 0.05) is 31.9 Å². The summed E-state index contributed by atoms with van der Waals surface area (Å²) in [7, 11) is 1.05. The first-order valence-corrected chi connectivity index (χ1v) is 7.25. The SMILES string of the molecule is CN(C)CCN(C)S(=O)(=O)c1cc(N)ccc1[N+](=O)[O-]. The Hall–Kier alpha value is -1.71. The number of sulfonamides is 1. The molecule has 0 amide bonds. The Labute approximate surface area is 118 Å². The molecule has 0 aliphatic heterocycles.